The molecule has 0 saturated carbocycles. The Kier molecular flexibility index (Phi) is 4.27. The topological polar surface area (TPSA) is 86.3 Å². The highest BCUT2D eigenvalue weighted by atomic mass is 16.2. The summed E-state index contributed by atoms with van der Waals surface area (Å²) < 4.78 is 2.17. The van der Waals surface area contributed by atoms with Crippen LogP contribution in [0.5, 0.6) is 0 Å². The number of aromatic amines is 1. The lowest BCUT2D eigenvalue weighted by molar-refractivity contribution is -0.122. The predicted molar refractivity (Wildman–Crippen MR) is 107 cm³/mol. The zero-order chi connectivity index (χ0) is 20.2. The van der Waals surface area contributed by atoms with Crippen molar-refractivity contribution in [1.29, 1.82) is 0 Å². The number of imidazole rings is 1. The van der Waals surface area contributed by atoms with Gasteiger partial charge in [-0.3, -0.25) is 9.59 Å². The average molecular weight is 396 g/mol. The Morgan fingerprint density at radius 2 is 2.21 bits per heavy atom. The van der Waals surface area contributed by atoms with Gasteiger partial charge in [-0.05, 0) is 44.5 Å². The van der Waals surface area contributed by atoms with E-state index in [2.05, 4.69) is 31.8 Å². The maximum atomic E-state index is 12.8. The maximum absolute atomic E-state index is 12.8. The van der Waals surface area contributed by atoms with Gasteiger partial charge in [0, 0.05) is 51.1 Å². The Bertz CT molecular complexity index is 941. The Balaban J connectivity index is 1.24. The van der Waals surface area contributed by atoms with E-state index in [9.17, 15) is 9.59 Å². The molecule has 154 valence electrons. The molecule has 2 amide bonds. The largest absolute Gasteiger partial charge is 0.357 e. The van der Waals surface area contributed by atoms with Crippen LogP contribution in [0, 0.1) is 12.8 Å². The Labute approximate surface area is 170 Å². The highest BCUT2D eigenvalue weighted by Gasteiger charge is 2.54. The lowest BCUT2D eigenvalue weighted by Gasteiger charge is -2.49. The lowest BCUT2D eigenvalue weighted by Crippen LogP contribution is -2.63. The third kappa shape index (κ3) is 3.06. The van der Waals surface area contributed by atoms with Crippen molar-refractivity contribution in [1.82, 2.24) is 29.7 Å². The standard InChI is InChI=1S/C21H28N6O2/c1-14-3-5-22-18(14)20(29)26-12-21(13-26)10-16(19-23-6-8-27(19)21)24-17(28)9-15-4-7-25(2)11-15/h3,5-6,8,15-16,22H,4,7,9-13H2,1-2H3,(H,24,28). The molecular weight excluding hydrogens is 368 g/mol. The van der Waals surface area contributed by atoms with Crippen molar-refractivity contribution in [3.8, 4) is 0 Å². The second-order valence-electron chi connectivity index (χ2n) is 9.02. The molecule has 0 bridgehead atoms. The van der Waals surface area contributed by atoms with Crippen LogP contribution in [-0.4, -0.2) is 69.4 Å². The van der Waals surface area contributed by atoms with Gasteiger partial charge in [0.1, 0.15) is 11.5 Å². The molecule has 2 aromatic rings. The van der Waals surface area contributed by atoms with Gasteiger partial charge in [-0.15, -0.1) is 0 Å². The second kappa shape index (κ2) is 6.73. The van der Waals surface area contributed by atoms with E-state index in [1.807, 2.05) is 24.1 Å². The van der Waals surface area contributed by atoms with E-state index in [1.54, 1.807) is 12.4 Å². The molecule has 2 unspecified atom stereocenters. The summed E-state index contributed by atoms with van der Waals surface area (Å²) in [4.78, 5) is 37.1. The summed E-state index contributed by atoms with van der Waals surface area (Å²) in [5, 5.41) is 3.22. The van der Waals surface area contributed by atoms with E-state index >= 15 is 0 Å². The number of aryl methyl sites for hydroxylation is 1. The highest BCUT2D eigenvalue weighted by molar-refractivity contribution is 5.94. The average Bonchev–Trinajstić information content (AvgIpc) is 3.39. The minimum absolute atomic E-state index is 0.0395. The Morgan fingerprint density at radius 3 is 2.90 bits per heavy atom. The van der Waals surface area contributed by atoms with Gasteiger partial charge in [-0.25, -0.2) is 4.98 Å². The number of carbonyl (C=O) groups is 2. The molecule has 8 nitrogen and oxygen atoms in total. The van der Waals surface area contributed by atoms with E-state index in [-0.39, 0.29) is 23.4 Å². The van der Waals surface area contributed by atoms with E-state index in [4.69, 9.17) is 0 Å². The molecular formula is C21H28N6O2. The molecule has 3 aliphatic rings. The fourth-order valence-electron chi connectivity index (χ4n) is 5.29. The van der Waals surface area contributed by atoms with Crippen LogP contribution in [0.4, 0.5) is 0 Å². The first-order valence-corrected chi connectivity index (χ1v) is 10.4. The van der Waals surface area contributed by atoms with E-state index in [0.717, 1.165) is 37.3 Å². The van der Waals surface area contributed by atoms with Crippen molar-refractivity contribution >= 4 is 11.8 Å². The molecule has 2 N–H and O–H groups in total. The van der Waals surface area contributed by atoms with Crippen molar-refractivity contribution in [2.45, 2.75) is 37.8 Å². The number of rotatable bonds is 4. The number of H-pyrrole nitrogens is 1. The van der Waals surface area contributed by atoms with Gasteiger partial charge in [0.05, 0.1) is 11.6 Å². The number of carbonyl (C=O) groups excluding carboxylic acids is 2. The van der Waals surface area contributed by atoms with Gasteiger partial charge < -0.3 is 24.7 Å². The normalized spacial score (nSPS) is 25.2. The second-order valence-corrected chi connectivity index (χ2v) is 9.02. The predicted octanol–water partition coefficient (Wildman–Crippen LogP) is 1.27. The first kappa shape index (κ1) is 18.4. The van der Waals surface area contributed by atoms with Crippen molar-refractivity contribution in [3.63, 3.8) is 0 Å². The van der Waals surface area contributed by atoms with Crippen LogP contribution in [0.15, 0.2) is 24.7 Å². The minimum atomic E-state index is -0.159. The van der Waals surface area contributed by atoms with Crippen molar-refractivity contribution in [2.24, 2.45) is 5.92 Å². The van der Waals surface area contributed by atoms with E-state index in [0.29, 0.717) is 31.1 Å². The van der Waals surface area contributed by atoms with Crippen molar-refractivity contribution in [3.05, 3.63) is 41.7 Å². The first-order chi connectivity index (χ1) is 13.9. The number of hydrogen-bond donors (Lipinski definition) is 2. The van der Waals surface area contributed by atoms with Crippen LogP contribution >= 0.6 is 0 Å². The van der Waals surface area contributed by atoms with Gasteiger partial charge in [-0.1, -0.05) is 0 Å². The molecule has 1 spiro atoms. The SMILES string of the molecule is Cc1cc[nH]c1C(=O)N1CC2(CC(NC(=O)CC3CCN(C)C3)c3nccn32)C1. The molecule has 2 saturated heterocycles. The number of hydrogen-bond acceptors (Lipinski definition) is 4. The van der Waals surface area contributed by atoms with E-state index < -0.39 is 0 Å². The molecule has 2 fully saturated rings. The van der Waals surface area contributed by atoms with Crippen LogP contribution in [-0.2, 0) is 10.3 Å². The molecule has 0 aromatic carbocycles. The van der Waals surface area contributed by atoms with Crippen LogP contribution < -0.4 is 5.32 Å². The zero-order valence-corrected chi connectivity index (χ0v) is 17.0. The summed E-state index contributed by atoms with van der Waals surface area (Å²) in [5.41, 5.74) is 1.47. The first-order valence-electron chi connectivity index (χ1n) is 10.4. The molecule has 3 aliphatic heterocycles. The molecule has 5 heterocycles. The lowest BCUT2D eigenvalue weighted by atomic mass is 9.85. The number of fused-ring (bicyclic) bond motifs is 2. The fourth-order valence-corrected chi connectivity index (χ4v) is 5.29. The maximum Gasteiger partial charge on any atom is 0.270 e. The summed E-state index contributed by atoms with van der Waals surface area (Å²) in [6, 6.07) is 1.83. The summed E-state index contributed by atoms with van der Waals surface area (Å²) in [6.07, 6.45) is 8.03. The minimum Gasteiger partial charge on any atom is -0.357 e. The summed E-state index contributed by atoms with van der Waals surface area (Å²) >= 11 is 0. The molecule has 2 atom stereocenters. The third-order valence-corrected chi connectivity index (χ3v) is 6.80. The van der Waals surface area contributed by atoms with Crippen LogP contribution in [0.3, 0.4) is 0 Å². The zero-order valence-electron chi connectivity index (χ0n) is 17.0. The monoisotopic (exact) mass is 396 g/mol. The van der Waals surface area contributed by atoms with Crippen LogP contribution in [0.25, 0.3) is 0 Å². The van der Waals surface area contributed by atoms with Crippen LogP contribution in [0.1, 0.15) is 47.2 Å². The van der Waals surface area contributed by atoms with Gasteiger partial charge in [-0.2, -0.15) is 0 Å². The van der Waals surface area contributed by atoms with Gasteiger partial charge in [0.2, 0.25) is 5.91 Å². The molecule has 5 rings (SSSR count). The Morgan fingerprint density at radius 1 is 1.38 bits per heavy atom. The fraction of sp³-hybridized carbons (Fsp3) is 0.571. The Hall–Kier alpha value is -2.61. The number of nitrogens with one attached hydrogen (secondary N) is 2. The summed E-state index contributed by atoms with van der Waals surface area (Å²) in [5.74, 6) is 1.50. The molecule has 0 radical (unpaired) electrons. The summed E-state index contributed by atoms with van der Waals surface area (Å²) in [7, 11) is 2.10. The third-order valence-electron chi connectivity index (χ3n) is 6.80. The van der Waals surface area contributed by atoms with Crippen molar-refractivity contribution < 1.29 is 9.59 Å². The van der Waals surface area contributed by atoms with E-state index in [1.165, 1.54) is 0 Å². The van der Waals surface area contributed by atoms with Crippen LogP contribution in [0.2, 0.25) is 0 Å². The number of aromatic nitrogens is 3. The quantitative estimate of drug-likeness (QED) is 0.815. The molecule has 29 heavy (non-hydrogen) atoms. The van der Waals surface area contributed by atoms with Gasteiger partial charge in [0.15, 0.2) is 0 Å². The highest BCUT2D eigenvalue weighted by Crippen LogP contribution is 2.45. The molecule has 8 heteroatoms. The van der Waals surface area contributed by atoms with Gasteiger partial charge >= 0.3 is 0 Å². The van der Waals surface area contributed by atoms with Crippen molar-refractivity contribution in [2.75, 3.05) is 33.2 Å². The molecule has 2 aromatic heterocycles. The molecule has 0 aliphatic carbocycles. The number of amides is 2. The number of nitrogens with zero attached hydrogens (tertiary/aromatic N) is 4. The number of likely N-dealkylation sites (tertiary alicyclic amines) is 2. The van der Waals surface area contributed by atoms with Gasteiger partial charge in [0.25, 0.3) is 5.91 Å². The smallest absolute Gasteiger partial charge is 0.270 e. The summed E-state index contributed by atoms with van der Waals surface area (Å²) in [6.45, 7) is 5.29.